The molecular formula is C30H30N2O2S. The summed E-state index contributed by atoms with van der Waals surface area (Å²) in [6, 6.07) is 26.4. The van der Waals surface area contributed by atoms with Crippen LogP contribution >= 0.6 is 11.8 Å². The first kappa shape index (κ1) is 23.4. The Hall–Kier alpha value is -3.31. The van der Waals surface area contributed by atoms with Crippen molar-refractivity contribution in [1.82, 2.24) is 4.90 Å². The predicted molar refractivity (Wildman–Crippen MR) is 145 cm³/mol. The number of hydrogen-bond acceptors (Lipinski definition) is 4. The molecule has 1 aliphatic carbocycles. The molecule has 3 aromatic rings. The molecule has 4 nitrogen and oxygen atoms in total. The number of carbonyl (C=O) groups is 1. The minimum atomic E-state index is 0.0668. The van der Waals surface area contributed by atoms with Crippen LogP contribution in [0, 0.1) is 6.92 Å². The van der Waals surface area contributed by atoms with E-state index in [0.29, 0.717) is 6.61 Å². The quantitative estimate of drug-likeness (QED) is 0.341. The summed E-state index contributed by atoms with van der Waals surface area (Å²) < 4.78 is 5.91. The van der Waals surface area contributed by atoms with E-state index in [1.54, 1.807) is 0 Å². The number of amidine groups is 1. The zero-order chi connectivity index (χ0) is 24.0. The SMILES string of the molecule is Cc1ccc(N=C2S/C(=C/c3ccc(OCc4ccccc4)cc3)C(=O)N2C2CCCCC2)cc1. The van der Waals surface area contributed by atoms with Crippen LogP contribution in [0.25, 0.3) is 6.08 Å². The maximum absolute atomic E-state index is 13.5. The van der Waals surface area contributed by atoms with Gasteiger partial charge in [0.2, 0.25) is 0 Å². The zero-order valence-electron chi connectivity index (χ0n) is 20.0. The smallest absolute Gasteiger partial charge is 0.267 e. The molecule has 0 aromatic heterocycles. The van der Waals surface area contributed by atoms with Crippen molar-refractivity contribution in [3.05, 3.63) is 100 Å². The Labute approximate surface area is 211 Å². The largest absolute Gasteiger partial charge is 0.489 e. The third-order valence-corrected chi connectivity index (χ3v) is 7.44. The standard InChI is InChI=1S/C30H30N2O2S/c1-22-12-16-25(17-13-22)31-30-32(26-10-6-3-7-11-26)29(33)28(35-30)20-23-14-18-27(19-15-23)34-21-24-8-4-2-5-9-24/h2,4-5,8-9,12-20,26H,3,6-7,10-11,21H2,1H3/b28-20+,31-30?. The van der Waals surface area contributed by atoms with Crippen molar-refractivity contribution in [1.29, 1.82) is 0 Å². The van der Waals surface area contributed by atoms with E-state index < -0.39 is 0 Å². The van der Waals surface area contributed by atoms with E-state index in [-0.39, 0.29) is 11.9 Å². The second-order valence-corrected chi connectivity index (χ2v) is 10.2. The van der Waals surface area contributed by atoms with Crippen LogP contribution in [-0.2, 0) is 11.4 Å². The fourth-order valence-corrected chi connectivity index (χ4v) is 5.57. The van der Waals surface area contributed by atoms with Crippen molar-refractivity contribution in [2.24, 2.45) is 4.99 Å². The number of aliphatic imine (C=N–C) groups is 1. The predicted octanol–water partition coefficient (Wildman–Crippen LogP) is 7.51. The molecule has 0 radical (unpaired) electrons. The summed E-state index contributed by atoms with van der Waals surface area (Å²) in [5, 5.41) is 0.791. The Bertz CT molecular complexity index is 1210. The highest BCUT2D eigenvalue weighted by Crippen LogP contribution is 2.38. The van der Waals surface area contributed by atoms with Gasteiger partial charge in [-0.25, -0.2) is 4.99 Å². The second-order valence-electron chi connectivity index (χ2n) is 9.15. The molecule has 0 N–H and O–H groups in total. The molecule has 5 heteroatoms. The van der Waals surface area contributed by atoms with Crippen LogP contribution in [0.5, 0.6) is 5.75 Å². The molecule has 5 rings (SSSR count). The molecule has 1 amide bonds. The first-order chi connectivity index (χ1) is 17.2. The van der Waals surface area contributed by atoms with Crippen molar-refractivity contribution in [2.75, 3.05) is 0 Å². The van der Waals surface area contributed by atoms with E-state index in [0.717, 1.165) is 45.5 Å². The van der Waals surface area contributed by atoms with Crippen molar-refractivity contribution in [3.63, 3.8) is 0 Å². The van der Waals surface area contributed by atoms with E-state index in [1.807, 2.05) is 65.6 Å². The molecule has 1 saturated heterocycles. The molecule has 3 aromatic carbocycles. The molecule has 1 heterocycles. The number of nitrogens with zero attached hydrogens (tertiary/aromatic N) is 2. The summed E-state index contributed by atoms with van der Waals surface area (Å²) in [6.45, 7) is 2.60. The lowest BCUT2D eigenvalue weighted by atomic mass is 9.94. The lowest BCUT2D eigenvalue weighted by Crippen LogP contribution is -2.40. The fourth-order valence-electron chi connectivity index (χ4n) is 4.51. The average Bonchev–Trinajstić information content (AvgIpc) is 3.20. The molecule has 1 saturated carbocycles. The molecule has 0 atom stereocenters. The highest BCUT2D eigenvalue weighted by atomic mass is 32.2. The van der Waals surface area contributed by atoms with E-state index in [1.165, 1.54) is 36.6 Å². The van der Waals surface area contributed by atoms with E-state index in [2.05, 4.69) is 31.2 Å². The number of thioether (sulfide) groups is 1. The first-order valence-corrected chi connectivity index (χ1v) is 13.1. The third-order valence-electron chi connectivity index (χ3n) is 6.46. The van der Waals surface area contributed by atoms with Gasteiger partial charge < -0.3 is 4.74 Å². The number of carbonyl (C=O) groups excluding carboxylic acids is 1. The van der Waals surface area contributed by atoms with Crippen LogP contribution in [-0.4, -0.2) is 22.0 Å². The zero-order valence-corrected chi connectivity index (χ0v) is 20.8. The summed E-state index contributed by atoms with van der Waals surface area (Å²) in [4.78, 5) is 21.1. The molecule has 0 unspecified atom stereocenters. The monoisotopic (exact) mass is 482 g/mol. The maximum Gasteiger partial charge on any atom is 0.267 e. The molecule has 2 fully saturated rings. The molecule has 178 valence electrons. The van der Waals surface area contributed by atoms with Gasteiger partial charge >= 0.3 is 0 Å². The van der Waals surface area contributed by atoms with Crippen LogP contribution in [0.2, 0.25) is 0 Å². The first-order valence-electron chi connectivity index (χ1n) is 12.3. The summed E-state index contributed by atoms with van der Waals surface area (Å²) in [5.41, 5.74) is 4.20. The lowest BCUT2D eigenvalue weighted by Gasteiger charge is -2.30. The highest BCUT2D eigenvalue weighted by molar-refractivity contribution is 8.18. The normalized spacial score (nSPS) is 19.0. The van der Waals surface area contributed by atoms with Crippen LogP contribution in [0.4, 0.5) is 5.69 Å². The van der Waals surface area contributed by atoms with Crippen molar-refractivity contribution >= 4 is 34.6 Å². The Balaban J connectivity index is 1.35. The van der Waals surface area contributed by atoms with Crippen LogP contribution in [0.3, 0.4) is 0 Å². The van der Waals surface area contributed by atoms with Gasteiger partial charge in [0, 0.05) is 6.04 Å². The molecule has 0 spiro atoms. The van der Waals surface area contributed by atoms with E-state index in [9.17, 15) is 4.79 Å². The van der Waals surface area contributed by atoms with Gasteiger partial charge in [0.1, 0.15) is 12.4 Å². The van der Waals surface area contributed by atoms with Gasteiger partial charge in [-0.3, -0.25) is 9.69 Å². The number of rotatable bonds is 6. The molecule has 2 aliphatic rings. The van der Waals surface area contributed by atoms with Crippen LogP contribution < -0.4 is 4.74 Å². The number of ether oxygens (including phenoxy) is 1. The fraction of sp³-hybridized carbons (Fsp3) is 0.267. The van der Waals surface area contributed by atoms with Gasteiger partial charge in [-0.2, -0.15) is 0 Å². The van der Waals surface area contributed by atoms with Crippen molar-refractivity contribution in [3.8, 4) is 5.75 Å². The Morgan fingerprint density at radius 2 is 1.66 bits per heavy atom. The third kappa shape index (κ3) is 5.85. The lowest BCUT2D eigenvalue weighted by molar-refractivity contribution is -0.124. The second kappa shape index (κ2) is 11.0. The van der Waals surface area contributed by atoms with E-state index >= 15 is 0 Å². The summed E-state index contributed by atoms with van der Waals surface area (Å²) in [6.07, 6.45) is 7.64. The number of amides is 1. The summed E-state index contributed by atoms with van der Waals surface area (Å²) in [5.74, 6) is 0.879. The van der Waals surface area contributed by atoms with Gasteiger partial charge in [-0.15, -0.1) is 0 Å². The summed E-state index contributed by atoms with van der Waals surface area (Å²) in [7, 11) is 0. The van der Waals surface area contributed by atoms with Gasteiger partial charge in [0.25, 0.3) is 5.91 Å². The van der Waals surface area contributed by atoms with Gasteiger partial charge in [-0.1, -0.05) is 79.4 Å². The van der Waals surface area contributed by atoms with Gasteiger partial charge in [0.15, 0.2) is 5.17 Å². The Morgan fingerprint density at radius 3 is 2.37 bits per heavy atom. The molecular weight excluding hydrogens is 452 g/mol. The minimum Gasteiger partial charge on any atom is -0.489 e. The van der Waals surface area contributed by atoms with Gasteiger partial charge in [0.05, 0.1) is 10.6 Å². The van der Waals surface area contributed by atoms with Crippen LogP contribution in [0.15, 0.2) is 88.8 Å². The number of benzene rings is 3. The Morgan fingerprint density at radius 1 is 0.943 bits per heavy atom. The van der Waals surface area contributed by atoms with Crippen LogP contribution in [0.1, 0.15) is 48.8 Å². The minimum absolute atomic E-state index is 0.0668. The topological polar surface area (TPSA) is 41.9 Å². The molecule has 35 heavy (non-hydrogen) atoms. The molecule has 0 bridgehead atoms. The van der Waals surface area contributed by atoms with Gasteiger partial charge in [-0.05, 0) is 73.0 Å². The number of aryl methyl sites for hydroxylation is 1. The molecule has 1 aliphatic heterocycles. The van der Waals surface area contributed by atoms with Crippen molar-refractivity contribution < 1.29 is 9.53 Å². The maximum atomic E-state index is 13.5. The number of hydrogen-bond donors (Lipinski definition) is 0. The summed E-state index contributed by atoms with van der Waals surface area (Å²) >= 11 is 1.48. The van der Waals surface area contributed by atoms with Crippen molar-refractivity contribution in [2.45, 2.75) is 51.7 Å². The van der Waals surface area contributed by atoms with E-state index in [4.69, 9.17) is 9.73 Å². The Kier molecular flexibility index (Phi) is 7.34. The average molecular weight is 483 g/mol. The highest BCUT2D eigenvalue weighted by Gasteiger charge is 2.38.